The van der Waals surface area contributed by atoms with E-state index in [4.69, 9.17) is 23.2 Å². The Morgan fingerprint density at radius 3 is 2.75 bits per heavy atom. The summed E-state index contributed by atoms with van der Waals surface area (Å²) in [5.41, 5.74) is 1.16. The van der Waals surface area contributed by atoms with Crippen LogP contribution >= 0.6 is 35.0 Å². The lowest BCUT2D eigenvalue weighted by molar-refractivity contribution is 0.968. The second-order valence-electron chi connectivity index (χ2n) is 4.34. The van der Waals surface area contributed by atoms with Gasteiger partial charge in [0, 0.05) is 28.4 Å². The summed E-state index contributed by atoms with van der Waals surface area (Å²) in [5.74, 6) is 1.74. The molecule has 0 bridgehead atoms. The zero-order chi connectivity index (χ0) is 14.4. The molecule has 0 saturated carbocycles. The molecule has 1 heterocycles. The lowest BCUT2D eigenvalue weighted by atomic mass is 10.3. The minimum atomic E-state index is 0.703. The first kappa shape index (κ1) is 15.5. The molecule has 1 N–H and O–H groups in total. The molecule has 106 valence electrons. The van der Waals surface area contributed by atoms with Crippen molar-refractivity contribution in [2.24, 2.45) is 0 Å². The maximum Gasteiger partial charge on any atom is 0.125 e. The van der Waals surface area contributed by atoms with Gasteiger partial charge in [0.15, 0.2) is 0 Å². The highest BCUT2D eigenvalue weighted by Gasteiger charge is 2.03. The summed E-state index contributed by atoms with van der Waals surface area (Å²) in [6.45, 7) is 3.08. The second-order valence-corrected chi connectivity index (χ2v) is 6.20. The summed E-state index contributed by atoms with van der Waals surface area (Å²) in [6.07, 6.45) is 2.98. The summed E-state index contributed by atoms with van der Waals surface area (Å²) < 4.78 is 0. The number of hydrogen-bond donors (Lipinski definition) is 1. The van der Waals surface area contributed by atoms with Gasteiger partial charge in [0.2, 0.25) is 0 Å². The van der Waals surface area contributed by atoms with Crippen LogP contribution in [-0.2, 0) is 5.75 Å². The van der Waals surface area contributed by atoms with Crippen LogP contribution in [-0.4, -0.2) is 11.5 Å². The third kappa shape index (κ3) is 4.58. The number of benzene rings is 1. The number of pyridine rings is 1. The normalized spacial score (nSPS) is 10.6. The predicted octanol–water partition coefficient (Wildman–Crippen LogP) is 5.50. The fourth-order valence-corrected chi connectivity index (χ4v) is 3.04. The molecule has 0 saturated heterocycles. The topological polar surface area (TPSA) is 24.9 Å². The summed E-state index contributed by atoms with van der Waals surface area (Å²) >= 11 is 13.8. The van der Waals surface area contributed by atoms with E-state index in [0.29, 0.717) is 5.02 Å². The monoisotopic (exact) mass is 326 g/mol. The fraction of sp³-hybridized carbons (Fsp3) is 0.267. The highest BCUT2D eigenvalue weighted by Crippen LogP contribution is 2.31. The third-order valence-corrected chi connectivity index (χ3v) is 4.47. The Morgan fingerprint density at radius 2 is 2.05 bits per heavy atom. The first-order chi connectivity index (χ1) is 9.69. The number of halogens is 2. The first-order valence-electron chi connectivity index (χ1n) is 6.45. The Morgan fingerprint density at radius 1 is 1.20 bits per heavy atom. The van der Waals surface area contributed by atoms with Crippen LogP contribution in [0, 0.1) is 0 Å². The first-order valence-corrected chi connectivity index (χ1v) is 8.20. The van der Waals surface area contributed by atoms with Crippen LogP contribution in [0.25, 0.3) is 0 Å². The van der Waals surface area contributed by atoms with Gasteiger partial charge in [-0.3, -0.25) is 0 Å². The summed E-state index contributed by atoms with van der Waals surface area (Å²) in [7, 11) is 0. The van der Waals surface area contributed by atoms with Crippen LogP contribution in [0.2, 0.25) is 10.0 Å². The van der Waals surface area contributed by atoms with Gasteiger partial charge >= 0.3 is 0 Å². The van der Waals surface area contributed by atoms with Crippen LogP contribution < -0.4 is 5.32 Å². The standard InChI is InChI=1S/C15H16Cl2N2S/c1-2-7-18-15-6-3-11(9-19-15)10-20-14-8-12(16)4-5-13(14)17/h3-6,8-9H,2,7,10H2,1H3,(H,18,19). The zero-order valence-electron chi connectivity index (χ0n) is 11.2. The SMILES string of the molecule is CCCNc1ccc(CSc2cc(Cl)ccc2Cl)cn1. The molecule has 0 unspecified atom stereocenters. The quantitative estimate of drug-likeness (QED) is 0.709. The molecule has 0 aliphatic rings. The summed E-state index contributed by atoms with van der Waals surface area (Å²) in [4.78, 5) is 5.38. The minimum absolute atomic E-state index is 0.703. The Bertz CT molecular complexity index is 558. The zero-order valence-corrected chi connectivity index (χ0v) is 13.5. The molecule has 5 heteroatoms. The molecule has 0 aliphatic heterocycles. The van der Waals surface area contributed by atoms with Gasteiger partial charge in [0.25, 0.3) is 0 Å². The van der Waals surface area contributed by atoms with E-state index < -0.39 is 0 Å². The van der Waals surface area contributed by atoms with Gasteiger partial charge in [0.1, 0.15) is 5.82 Å². The van der Waals surface area contributed by atoms with Gasteiger partial charge in [-0.15, -0.1) is 11.8 Å². The van der Waals surface area contributed by atoms with Gasteiger partial charge in [-0.05, 0) is 36.2 Å². The molecular weight excluding hydrogens is 311 g/mol. The Balaban J connectivity index is 1.95. The smallest absolute Gasteiger partial charge is 0.125 e. The van der Waals surface area contributed by atoms with Crippen molar-refractivity contribution in [2.45, 2.75) is 24.0 Å². The van der Waals surface area contributed by atoms with Crippen LogP contribution in [0.3, 0.4) is 0 Å². The minimum Gasteiger partial charge on any atom is -0.370 e. The third-order valence-electron chi connectivity index (χ3n) is 2.67. The number of hydrogen-bond acceptors (Lipinski definition) is 3. The van der Waals surface area contributed by atoms with Gasteiger partial charge in [-0.25, -0.2) is 4.98 Å². The van der Waals surface area contributed by atoms with E-state index in [0.717, 1.165) is 40.0 Å². The van der Waals surface area contributed by atoms with Crippen molar-refractivity contribution in [2.75, 3.05) is 11.9 Å². The van der Waals surface area contributed by atoms with Crippen LogP contribution in [0.15, 0.2) is 41.4 Å². The molecule has 2 aromatic rings. The average Bonchev–Trinajstić information content (AvgIpc) is 2.47. The van der Waals surface area contributed by atoms with Crippen molar-refractivity contribution in [3.05, 3.63) is 52.1 Å². The Hall–Kier alpha value is -0.900. The number of aromatic nitrogens is 1. The maximum absolute atomic E-state index is 6.14. The van der Waals surface area contributed by atoms with E-state index in [1.165, 1.54) is 0 Å². The molecule has 1 aromatic heterocycles. The van der Waals surface area contributed by atoms with Crippen LogP contribution in [0.1, 0.15) is 18.9 Å². The molecule has 0 atom stereocenters. The number of anilines is 1. The van der Waals surface area contributed by atoms with Crippen molar-refractivity contribution >= 4 is 40.8 Å². The van der Waals surface area contributed by atoms with Gasteiger partial charge in [-0.1, -0.05) is 36.2 Å². The number of nitrogens with one attached hydrogen (secondary N) is 1. The lowest BCUT2D eigenvalue weighted by Gasteiger charge is -2.06. The van der Waals surface area contributed by atoms with E-state index >= 15 is 0 Å². The van der Waals surface area contributed by atoms with Gasteiger partial charge in [0.05, 0.1) is 5.02 Å². The van der Waals surface area contributed by atoms with E-state index in [2.05, 4.69) is 23.3 Å². The molecule has 0 amide bonds. The fourth-order valence-electron chi connectivity index (χ4n) is 1.62. The Kier molecular flexibility index (Phi) is 6.02. The molecular formula is C15H16Cl2N2S. The molecule has 2 rings (SSSR count). The van der Waals surface area contributed by atoms with Crippen molar-refractivity contribution in [3.63, 3.8) is 0 Å². The van der Waals surface area contributed by atoms with Crippen LogP contribution in [0.5, 0.6) is 0 Å². The lowest BCUT2D eigenvalue weighted by Crippen LogP contribution is -2.01. The molecule has 2 nitrogen and oxygen atoms in total. The van der Waals surface area contributed by atoms with Crippen molar-refractivity contribution in [1.82, 2.24) is 4.98 Å². The van der Waals surface area contributed by atoms with Crippen molar-refractivity contribution in [1.29, 1.82) is 0 Å². The molecule has 20 heavy (non-hydrogen) atoms. The highest BCUT2D eigenvalue weighted by atomic mass is 35.5. The second kappa shape index (κ2) is 7.77. The van der Waals surface area contributed by atoms with E-state index in [1.807, 2.05) is 24.4 Å². The molecule has 0 fully saturated rings. The van der Waals surface area contributed by atoms with E-state index in [9.17, 15) is 0 Å². The average molecular weight is 327 g/mol. The van der Waals surface area contributed by atoms with E-state index in [-0.39, 0.29) is 0 Å². The molecule has 0 aliphatic carbocycles. The van der Waals surface area contributed by atoms with Gasteiger partial charge in [-0.2, -0.15) is 0 Å². The van der Waals surface area contributed by atoms with E-state index in [1.54, 1.807) is 17.8 Å². The summed E-state index contributed by atoms with van der Waals surface area (Å²) in [5, 5.41) is 4.69. The predicted molar refractivity (Wildman–Crippen MR) is 89.0 cm³/mol. The maximum atomic E-state index is 6.14. The molecule has 1 aromatic carbocycles. The molecule has 0 spiro atoms. The van der Waals surface area contributed by atoms with Crippen molar-refractivity contribution < 1.29 is 0 Å². The Labute approximate surface area is 133 Å². The summed E-state index contributed by atoms with van der Waals surface area (Å²) in [6, 6.07) is 9.59. The number of rotatable bonds is 6. The highest BCUT2D eigenvalue weighted by molar-refractivity contribution is 7.98. The van der Waals surface area contributed by atoms with Crippen molar-refractivity contribution in [3.8, 4) is 0 Å². The van der Waals surface area contributed by atoms with Gasteiger partial charge < -0.3 is 5.32 Å². The number of thioether (sulfide) groups is 1. The largest absolute Gasteiger partial charge is 0.370 e. The van der Waals surface area contributed by atoms with Crippen LogP contribution in [0.4, 0.5) is 5.82 Å². The molecule has 0 radical (unpaired) electrons. The number of nitrogens with zero attached hydrogens (tertiary/aromatic N) is 1.